The molecular formula is C31H46F2. The van der Waals surface area contributed by atoms with Gasteiger partial charge >= 0.3 is 0 Å². The maximum Gasteiger partial charge on any atom is 0.159 e. The summed E-state index contributed by atoms with van der Waals surface area (Å²) in [4.78, 5) is 0. The quantitative estimate of drug-likeness (QED) is 0.341. The van der Waals surface area contributed by atoms with Crippen LogP contribution in [0.1, 0.15) is 109 Å². The van der Waals surface area contributed by atoms with Crippen molar-refractivity contribution in [2.45, 2.75) is 110 Å². The Balaban J connectivity index is 1.11. The van der Waals surface area contributed by atoms with Crippen LogP contribution in [0.4, 0.5) is 8.78 Å². The molecule has 3 saturated carbocycles. The average molecular weight is 457 g/mol. The molecule has 33 heavy (non-hydrogen) atoms. The molecule has 0 unspecified atom stereocenters. The van der Waals surface area contributed by atoms with Crippen LogP contribution in [0.15, 0.2) is 30.4 Å². The Hall–Kier alpha value is -1.18. The zero-order valence-electron chi connectivity index (χ0n) is 20.9. The SMILES string of the molecule is CCCC1CCC(C2CCC(C=CC3CCC(CCc4ccc(F)c(F)c4)CC3)CC2)CC1. The van der Waals surface area contributed by atoms with Gasteiger partial charge in [0.25, 0.3) is 0 Å². The smallest absolute Gasteiger partial charge is 0.159 e. The molecule has 1 aromatic rings. The molecule has 0 heterocycles. The highest BCUT2D eigenvalue weighted by molar-refractivity contribution is 5.18. The number of hydrogen-bond acceptors (Lipinski definition) is 0. The van der Waals surface area contributed by atoms with Crippen LogP contribution in [0, 0.1) is 47.1 Å². The molecule has 0 aromatic heterocycles. The molecule has 0 nitrogen and oxygen atoms in total. The van der Waals surface area contributed by atoms with Crippen LogP contribution in [0.3, 0.4) is 0 Å². The first kappa shape index (κ1) is 24.9. The largest absolute Gasteiger partial charge is 0.204 e. The highest BCUT2D eigenvalue weighted by Crippen LogP contribution is 2.42. The lowest BCUT2D eigenvalue weighted by atomic mass is 9.68. The molecule has 0 spiro atoms. The van der Waals surface area contributed by atoms with Crippen LogP contribution < -0.4 is 0 Å². The Labute approximate surface area is 201 Å². The third-order valence-electron chi connectivity index (χ3n) is 9.44. The molecule has 3 aliphatic carbocycles. The summed E-state index contributed by atoms with van der Waals surface area (Å²) >= 11 is 0. The van der Waals surface area contributed by atoms with Gasteiger partial charge in [-0.25, -0.2) is 8.78 Å². The van der Waals surface area contributed by atoms with E-state index in [4.69, 9.17) is 0 Å². The summed E-state index contributed by atoms with van der Waals surface area (Å²) in [5.74, 6) is 3.95. The van der Waals surface area contributed by atoms with Gasteiger partial charge in [0.1, 0.15) is 0 Å². The molecule has 0 N–H and O–H groups in total. The van der Waals surface area contributed by atoms with Gasteiger partial charge in [-0.1, -0.05) is 50.8 Å². The van der Waals surface area contributed by atoms with Gasteiger partial charge in [-0.2, -0.15) is 0 Å². The lowest BCUT2D eigenvalue weighted by molar-refractivity contribution is 0.152. The number of benzene rings is 1. The first-order chi connectivity index (χ1) is 16.1. The molecule has 3 fully saturated rings. The van der Waals surface area contributed by atoms with Crippen molar-refractivity contribution < 1.29 is 8.78 Å². The minimum Gasteiger partial charge on any atom is -0.204 e. The van der Waals surface area contributed by atoms with Crippen molar-refractivity contribution in [1.29, 1.82) is 0 Å². The first-order valence-electron chi connectivity index (χ1n) is 14.2. The summed E-state index contributed by atoms with van der Waals surface area (Å²) in [6.45, 7) is 2.34. The van der Waals surface area contributed by atoms with Gasteiger partial charge in [0.2, 0.25) is 0 Å². The minimum atomic E-state index is -0.742. The van der Waals surface area contributed by atoms with Gasteiger partial charge in [-0.15, -0.1) is 0 Å². The molecule has 1 aromatic carbocycles. The van der Waals surface area contributed by atoms with E-state index in [0.29, 0.717) is 0 Å². The van der Waals surface area contributed by atoms with Crippen molar-refractivity contribution in [2.75, 3.05) is 0 Å². The van der Waals surface area contributed by atoms with E-state index in [2.05, 4.69) is 19.1 Å². The zero-order valence-corrected chi connectivity index (χ0v) is 20.9. The second kappa shape index (κ2) is 12.5. The van der Waals surface area contributed by atoms with E-state index >= 15 is 0 Å². The topological polar surface area (TPSA) is 0 Å². The van der Waals surface area contributed by atoms with Crippen molar-refractivity contribution in [3.8, 4) is 0 Å². The molecule has 184 valence electrons. The summed E-state index contributed by atoms with van der Waals surface area (Å²) in [7, 11) is 0. The normalized spacial score (nSPS) is 33.4. The molecule has 3 aliphatic rings. The van der Waals surface area contributed by atoms with Crippen LogP contribution in [-0.4, -0.2) is 0 Å². The van der Waals surface area contributed by atoms with Gasteiger partial charge < -0.3 is 0 Å². The van der Waals surface area contributed by atoms with E-state index in [1.54, 1.807) is 6.07 Å². The molecule has 0 saturated heterocycles. The Morgan fingerprint density at radius 3 is 1.76 bits per heavy atom. The van der Waals surface area contributed by atoms with Crippen molar-refractivity contribution in [3.05, 3.63) is 47.5 Å². The van der Waals surface area contributed by atoms with Crippen LogP contribution >= 0.6 is 0 Å². The van der Waals surface area contributed by atoms with E-state index in [0.717, 1.165) is 53.9 Å². The van der Waals surface area contributed by atoms with Crippen LogP contribution in [0.5, 0.6) is 0 Å². The average Bonchev–Trinajstić information content (AvgIpc) is 2.85. The van der Waals surface area contributed by atoms with Gasteiger partial charge in [0, 0.05) is 0 Å². The Bertz CT molecular complexity index is 729. The van der Waals surface area contributed by atoms with Crippen molar-refractivity contribution in [2.24, 2.45) is 35.5 Å². The predicted octanol–water partition coefficient (Wildman–Crippen LogP) is 9.67. The van der Waals surface area contributed by atoms with E-state index < -0.39 is 11.6 Å². The van der Waals surface area contributed by atoms with Gasteiger partial charge in [-0.05, 0) is 130 Å². The molecule has 0 radical (unpaired) electrons. The van der Waals surface area contributed by atoms with Gasteiger partial charge in [0.05, 0.1) is 0 Å². The Morgan fingerprint density at radius 1 is 0.667 bits per heavy atom. The minimum absolute atomic E-state index is 0.713. The molecule has 2 heteroatoms. The zero-order chi connectivity index (χ0) is 23.0. The fourth-order valence-corrected chi connectivity index (χ4v) is 7.21. The Kier molecular flexibility index (Phi) is 9.44. The standard InChI is InChI=1S/C31H46F2/c1-2-3-23-12-17-28(18-13-23)29-19-14-26(15-20-29)9-8-24-4-6-25(7-5-24)10-11-27-16-21-30(32)31(33)22-27/h8-9,16,21-26,28-29H,2-7,10-15,17-20H2,1H3. The molecule has 0 bridgehead atoms. The predicted molar refractivity (Wildman–Crippen MR) is 135 cm³/mol. The van der Waals surface area contributed by atoms with Gasteiger partial charge in [-0.3, -0.25) is 0 Å². The number of rotatable bonds is 8. The summed E-state index contributed by atoms with van der Waals surface area (Å²) in [5.41, 5.74) is 0.931. The highest BCUT2D eigenvalue weighted by atomic mass is 19.2. The van der Waals surface area contributed by atoms with Crippen LogP contribution in [-0.2, 0) is 6.42 Å². The number of aryl methyl sites for hydroxylation is 1. The fourth-order valence-electron chi connectivity index (χ4n) is 7.21. The monoisotopic (exact) mass is 456 g/mol. The van der Waals surface area contributed by atoms with Crippen LogP contribution in [0.2, 0.25) is 0 Å². The van der Waals surface area contributed by atoms with E-state index in [9.17, 15) is 8.78 Å². The van der Waals surface area contributed by atoms with E-state index in [1.165, 1.54) is 102 Å². The molecule has 0 atom stereocenters. The molecule has 0 amide bonds. The second-order valence-corrected chi connectivity index (χ2v) is 11.7. The summed E-state index contributed by atoms with van der Waals surface area (Å²) in [6.07, 6.45) is 26.9. The lowest BCUT2D eigenvalue weighted by Crippen LogP contribution is -2.25. The van der Waals surface area contributed by atoms with Crippen LogP contribution in [0.25, 0.3) is 0 Å². The third kappa shape index (κ3) is 7.40. The van der Waals surface area contributed by atoms with Crippen molar-refractivity contribution in [1.82, 2.24) is 0 Å². The maximum absolute atomic E-state index is 13.4. The van der Waals surface area contributed by atoms with E-state index in [1.807, 2.05) is 0 Å². The van der Waals surface area contributed by atoms with E-state index in [-0.39, 0.29) is 0 Å². The molecule has 0 aliphatic heterocycles. The highest BCUT2D eigenvalue weighted by Gasteiger charge is 2.30. The van der Waals surface area contributed by atoms with Gasteiger partial charge in [0.15, 0.2) is 11.6 Å². The fraction of sp³-hybridized carbons (Fsp3) is 0.742. The third-order valence-corrected chi connectivity index (χ3v) is 9.44. The summed E-state index contributed by atoms with van der Waals surface area (Å²) in [6, 6.07) is 4.37. The maximum atomic E-state index is 13.4. The van der Waals surface area contributed by atoms with Crippen molar-refractivity contribution in [3.63, 3.8) is 0 Å². The summed E-state index contributed by atoms with van der Waals surface area (Å²) < 4.78 is 26.5. The number of allylic oxidation sites excluding steroid dienone is 2. The molecular weight excluding hydrogens is 410 g/mol. The lowest BCUT2D eigenvalue weighted by Gasteiger charge is -2.37. The number of halogens is 2. The summed E-state index contributed by atoms with van der Waals surface area (Å²) in [5, 5.41) is 0. The second-order valence-electron chi connectivity index (χ2n) is 11.7. The first-order valence-corrected chi connectivity index (χ1v) is 14.2. The number of hydrogen-bond donors (Lipinski definition) is 0. The Morgan fingerprint density at radius 2 is 1.18 bits per heavy atom. The van der Waals surface area contributed by atoms with Crippen molar-refractivity contribution >= 4 is 0 Å². The molecule has 4 rings (SSSR count).